The third-order valence-corrected chi connectivity index (χ3v) is 3.78. The van der Waals surface area contributed by atoms with Gasteiger partial charge in [-0.15, -0.1) is 11.3 Å². The fraction of sp³-hybridized carbons (Fsp3) is 0.154. The van der Waals surface area contributed by atoms with E-state index in [1.165, 1.54) is 29.9 Å². The van der Waals surface area contributed by atoms with Crippen molar-refractivity contribution in [3.8, 4) is 0 Å². The average Bonchev–Trinajstić information content (AvgIpc) is 3.07. The van der Waals surface area contributed by atoms with Crippen molar-refractivity contribution in [2.75, 3.05) is 0 Å². The molecular weight excluding hydrogens is 314 g/mol. The van der Waals surface area contributed by atoms with Crippen LogP contribution in [0.15, 0.2) is 30.7 Å². The maximum absolute atomic E-state index is 11.8. The Hall–Kier alpha value is -2.12. The van der Waals surface area contributed by atoms with Crippen LogP contribution in [-0.4, -0.2) is 33.0 Å². The zero-order valence-electron chi connectivity index (χ0n) is 10.7. The van der Waals surface area contributed by atoms with Crippen LogP contribution in [0.4, 0.5) is 0 Å². The number of imidazole rings is 1. The van der Waals surface area contributed by atoms with Gasteiger partial charge in [-0.3, -0.25) is 4.79 Å². The predicted octanol–water partition coefficient (Wildman–Crippen LogP) is 1.95. The van der Waals surface area contributed by atoms with E-state index in [9.17, 15) is 9.59 Å². The first kappa shape index (κ1) is 15.3. The highest BCUT2D eigenvalue weighted by atomic mass is 35.5. The number of aliphatic carboxylic acids is 1. The number of H-pyrrole nitrogens is 1. The molecule has 0 aliphatic carbocycles. The summed E-state index contributed by atoms with van der Waals surface area (Å²) >= 11 is 7.11. The Labute approximate surface area is 129 Å². The van der Waals surface area contributed by atoms with Crippen LogP contribution in [0.25, 0.3) is 6.08 Å². The number of hydrogen-bond donors (Lipinski definition) is 3. The summed E-state index contributed by atoms with van der Waals surface area (Å²) in [4.78, 5) is 30.3. The van der Waals surface area contributed by atoms with Gasteiger partial charge in [-0.2, -0.15) is 0 Å². The van der Waals surface area contributed by atoms with Crippen molar-refractivity contribution < 1.29 is 14.7 Å². The second-order valence-corrected chi connectivity index (χ2v) is 5.90. The van der Waals surface area contributed by atoms with E-state index in [0.717, 1.165) is 4.88 Å². The summed E-state index contributed by atoms with van der Waals surface area (Å²) in [7, 11) is 0. The highest BCUT2D eigenvalue weighted by molar-refractivity contribution is 7.17. The number of carbonyl (C=O) groups is 2. The highest BCUT2D eigenvalue weighted by Crippen LogP contribution is 2.22. The van der Waals surface area contributed by atoms with E-state index < -0.39 is 17.9 Å². The lowest BCUT2D eigenvalue weighted by atomic mass is 10.1. The van der Waals surface area contributed by atoms with E-state index in [-0.39, 0.29) is 6.42 Å². The van der Waals surface area contributed by atoms with Gasteiger partial charge in [0.15, 0.2) is 0 Å². The maximum Gasteiger partial charge on any atom is 0.326 e. The van der Waals surface area contributed by atoms with E-state index >= 15 is 0 Å². The maximum atomic E-state index is 11.8. The molecule has 3 N–H and O–H groups in total. The van der Waals surface area contributed by atoms with Crippen LogP contribution in [0.3, 0.4) is 0 Å². The van der Waals surface area contributed by atoms with Crippen LogP contribution < -0.4 is 5.32 Å². The van der Waals surface area contributed by atoms with E-state index in [0.29, 0.717) is 10.0 Å². The highest BCUT2D eigenvalue weighted by Gasteiger charge is 2.19. The number of hydrogen-bond acceptors (Lipinski definition) is 4. The number of carboxylic acid groups (broad SMARTS) is 1. The number of nitrogens with zero attached hydrogens (tertiary/aromatic N) is 1. The lowest BCUT2D eigenvalue weighted by Crippen LogP contribution is -2.41. The van der Waals surface area contributed by atoms with Crippen LogP contribution in [0.2, 0.25) is 4.34 Å². The van der Waals surface area contributed by atoms with Gasteiger partial charge in [-0.1, -0.05) is 11.6 Å². The van der Waals surface area contributed by atoms with E-state index in [1.54, 1.807) is 18.2 Å². The molecule has 2 heterocycles. The molecule has 0 aliphatic rings. The van der Waals surface area contributed by atoms with Gasteiger partial charge < -0.3 is 15.4 Å². The lowest BCUT2D eigenvalue weighted by molar-refractivity contribution is -0.141. The Bertz CT molecular complexity index is 651. The SMILES string of the molecule is O=C(/C=C/c1ccc(Cl)s1)N[C@H](Cc1cnc[nH]1)C(=O)O. The molecule has 2 aromatic rings. The van der Waals surface area contributed by atoms with Gasteiger partial charge >= 0.3 is 5.97 Å². The molecular formula is C13H12ClN3O3S. The van der Waals surface area contributed by atoms with Gasteiger partial charge in [0.2, 0.25) is 5.91 Å². The normalized spacial score (nSPS) is 12.4. The summed E-state index contributed by atoms with van der Waals surface area (Å²) in [6, 6.07) is 2.48. The molecule has 0 spiro atoms. The molecule has 110 valence electrons. The molecule has 2 aromatic heterocycles. The summed E-state index contributed by atoms with van der Waals surface area (Å²) in [5.74, 6) is -1.59. The minimum atomic E-state index is -1.11. The van der Waals surface area contributed by atoms with Gasteiger partial charge in [0.05, 0.1) is 10.7 Å². The molecule has 21 heavy (non-hydrogen) atoms. The largest absolute Gasteiger partial charge is 0.480 e. The third-order valence-electron chi connectivity index (χ3n) is 2.59. The first-order chi connectivity index (χ1) is 10.0. The molecule has 0 saturated carbocycles. The molecule has 0 unspecified atom stereocenters. The minimum absolute atomic E-state index is 0.139. The number of amides is 1. The second-order valence-electron chi connectivity index (χ2n) is 4.16. The second kappa shape index (κ2) is 7.05. The molecule has 0 saturated heterocycles. The molecule has 1 amide bonds. The fourth-order valence-electron chi connectivity index (χ4n) is 1.61. The number of carboxylic acids is 1. The number of rotatable bonds is 6. The third kappa shape index (κ3) is 4.73. The standard InChI is InChI=1S/C13H12ClN3O3S/c14-11-3-1-9(21-11)2-4-12(18)17-10(13(19)20)5-8-6-15-7-16-8/h1-4,6-7,10H,5H2,(H,15,16)(H,17,18)(H,19,20)/b4-2+/t10-/m1/s1. The fourth-order valence-corrected chi connectivity index (χ4v) is 2.58. The van der Waals surface area contributed by atoms with Crippen molar-refractivity contribution >= 4 is 40.9 Å². The Balaban J connectivity index is 1.95. The zero-order valence-corrected chi connectivity index (χ0v) is 12.3. The lowest BCUT2D eigenvalue weighted by Gasteiger charge is -2.11. The molecule has 8 heteroatoms. The number of thiophene rings is 1. The predicted molar refractivity (Wildman–Crippen MR) is 80.2 cm³/mol. The Morgan fingerprint density at radius 3 is 2.90 bits per heavy atom. The molecule has 0 fully saturated rings. The topological polar surface area (TPSA) is 95.1 Å². The van der Waals surface area contributed by atoms with E-state index in [4.69, 9.17) is 16.7 Å². The van der Waals surface area contributed by atoms with Gasteiger partial charge in [0.25, 0.3) is 0 Å². The first-order valence-electron chi connectivity index (χ1n) is 5.98. The van der Waals surface area contributed by atoms with Crippen LogP contribution in [0, 0.1) is 0 Å². The Kier molecular flexibility index (Phi) is 5.13. The van der Waals surface area contributed by atoms with Crippen molar-refractivity contribution in [3.05, 3.63) is 45.6 Å². The van der Waals surface area contributed by atoms with Crippen molar-refractivity contribution in [2.45, 2.75) is 12.5 Å². The van der Waals surface area contributed by atoms with E-state index in [1.807, 2.05) is 0 Å². The van der Waals surface area contributed by atoms with Crippen molar-refractivity contribution in [1.29, 1.82) is 0 Å². The summed E-state index contributed by atoms with van der Waals surface area (Å²) in [6.45, 7) is 0. The smallest absolute Gasteiger partial charge is 0.326 e. The van der Waals surface area contributed by atoms with Gasteiger partial charge in [0, 0.05) is 29.3 Å². The summed E-state index contributed by atoms with van der Waals surface area (Å²) in [5, 5.41) is 11.6. The van der Waals surface area contributed by atoms with Crippen LogP contribution in [0.1, 0.15) is 10.6 Å². The molecule has 6 nitrogen and oxygen atoms in total. The molecule has 0 aliphatic heterocycles. The number of carbonyl (C=O) groups excluding carboxylic acids is 1. The number of aromatic amines is 1. The molecule has 2 rings (SSSR count). The molecule has 0 bridgehead atoms. The Morgan fingerprint density at radius 2 is 2.33 bits per heavy atom. The Morgan fingerprint density at radius 1 is 1.52 bits per heavy atom. The quantitative estimate of drug-likeness (QED) is 0.707. The van der Waals surface area contributed by atoms with Gasteiger partial charge in [-0.05, 0) is 18.2 Å². The molecule has 1 atom stereocenters. The molecule has 0 radical (unpaired) electrons. The van der Waals surface area contributed by atoms with Gasteiger partial charge in [0.1, 0.15) is 6.04 Å². The molecule has 0 aromatic carbocycles. The summed E-state index contributed by atoms with van der Waals surface area (Å²) in [6.07, 6.45) is 5.98. The monoisotopic (exact) mass is 325 g/mol. The minimum Gasteiger partial charge on any atom is -0.480 e. The average molecular weight is 326 g/mol. The summed E-state index contributed by atoms with van der Waals surface area (Å²) in [5.41, 5.74) is 0.636. The first-order valence-corrected chi connectivity index (χ1v) is 7.18. The van der Waals surface area contributed by atoms with E-state index in [2.05, 4.69) is 15.3 Å². The van der Waals surface area contributed by atoms with Crippen molar-refractivity contribution in [2.24, 2.45) is 0 Å². The number of nitrogens with one attached hydrogen (secondary N) is 2. The summed E-state index contributed by atoms with van der Waals surface area (Å²) < 4.78 is 0.623. The zero-order chi connectivity index (χ0) is 15.2. The van der Waals surface area contributed by atoms with Crippen LogP contribution in [-0.2, 0) is 16.0 Å². The van der Waals surface area contributed by atoms with Crippen molar-refractivity contribution in [1.82, 2.24) is 15.3 Å². The van der Waals surface area contributed by atoms with Crippen LogP contribution in [0.5, 0.6) is 0 Å². The van der Waals surface area contributed by atoms with Gasteiger partial charge in [-0.25, -0.2) is 9.78 Å². The van der Waals surface area contributed by atoms with Crippen molar-refractivity contribution in [3.63, 3.8) is 0 Å². The number of aromatic nitrogens is 2. The number of halogens is 1. The van der Waals surface area contributed by atoms with Crippen LogP contribution >= 0.6 is 22.9 Å².